The Morgan fingerprint density at radius 3 is 2.00 bits per heavy atom. The van der Waals surface area contributed by atoms with E-state index in [0.717, 1.165) is 12.8 Å². The fourth-order valence-corrected chi connectivity index (χ4v) is 3.58. The third kappa shape index (κ3) is 11.5. The summed E-state index contributed by atoms with van der Waals surface area (Å²) in [5.74, 6) is 0. The minimum Gasteiger partial charge on any atom is -0.394 e. The van der Waals surface area contributed by atoms with E-state index in [2.05, 4.69) is 19.1 Å². The van der Waals surface area contributed by atoms with Crippen LogP contribution in [0.25, 0.3) is 0 Å². The van der Waals surface area contributed by atoms with E-state index in [9.17, 15) is 10.2 Å². The van der Waals surface area contributed by atoms with E-state index in [1.165, 1.54) is 70.6 Å². The molecule has 4 atom stereocenters. The first kappa shape index (κ1) is 25.6. The van der Waals surface area contributed by atoms with Crippen LogP contribution in [0.2, 0.25) is 0 Å². The average Bonchev–Trinajstić information content (AvgIpc) is 2.70. The van der Waals surface area contributed by atoms with E-state index in [4.69, 9.17) is 14.6 Å². The number of hydrogen-bond acceptors (Lipinski definition) is 5. The molecule has 0 saturated carbocycles. The van der Waals surface area contributed by atoms with Gasteiger partial charge in [-0.2, -0.15) is 0 Å². The van der Waals surface area contributed by atoms with Gasteiger partial charge in [0.1, 0.15) is 24.4 Å². The van der Waals surface area contributed by atoms with Crippen molar-refractivity contribution in [3.05, 3.63) is 12.2 Å². The van der Waals surface area contributed by atoms with Crippen LogP contribution in [0.1, 0.15) is 90.4 Å². The molecule has 1 rings (SSSR count). The minimum atomic E-state index is -1.08. The van der Waals surface area contributed by atoms with Crippen molar-refractivity contribution < 1.29 is 24.8 Å². The van der Waals surface area contributed by atoms with E-state index < -0.39 is 24.4 Å². The molecule has 0 aromatic carbocycles. The molecular formula is C23H44O5. The Balaban J connectivity index is 1.83. The molecule has 1 aliphatic rings. The Morgan fingerprint density at radius 1 is 0.821 bits per heavy atom. The van der Waals surface area contributed by atoms with Crippen molar-refractivity contribution >= 4 is 0 Å². The SMILES string of the molecule is CCC/C=C/CCCCCCCCCCCCO[C@@H]1CO[C@@H](CO)[C@H](O)[C@H]1O. The molecule has 0 aliphatic carbocycles. The van der Waals surface area contributed by atoms with Gasteiger partial charge in [0.05, 0.1) is 13.2 Å². The van der Waals surface area contributed by atoms with Gasteiger partial charge in [-0.1, -0.05) is 76.9 Å². The predicted molar refractivity (Wildman–Crippen MR) is 113 cm³/mol. The van der Waals surface area contributed by atoms with E-state index >= 15 is 0 Å². The average molecular weight is 401 g/mol. The van der Waals surface area contributed by atoms with Gasteiger partial charge in [-0.3, -0.25) is 0 Å². The molecule has 0 amide bonds. The van der Waals surface area contributed by atoms with Crippen LogP contribution in [0, 0.1) is 0 Å². The predicted octanol–water partition coefficient (Wildman–Crippen LogP) is 4.13. The van der Waals surface area contributed by atoms with Crippen LogP contribution in [-0.2, 0) is 9.47 Å². The highest BCUT2D eigenvalue weighted by atomic mass is 16.6. The lowest BCUT2D eigenvalue weighted by molar-refractivity contribution is -0.208. The van der Waals surface area contributed by atoms with E-state index in [1.54, 1.807) is 0 Å². The normalized spacial score (nSPS) is 25.6. The standard InChI is InChI=1S/C23H44O5/c1-2-3-4-5-6-7-8-9-10-11-12-13-14-15-16-17-27-21-19-28-20(18-24)22(25)23(21)26/h4-5,20-26H,2-3,6-19H2,1H3/b5-4+/t20-,21+,22-,23-/m0/s1. The van der Waals surface area contributed by atoms with Gasteiger partial charge in [-0.05, 0) is 25.7 Å². The van der Waals surface area contributed by atoms with Crippen molar-refractivity contribution in [1.82, 2.24) is 0 Å². The molecule has 28 heavy (non-hydrogen) atoms. The third-order valence-corrected chi connectivity index (χ3v) is 5.49. The summed E-state index contributed by atoms with van der Waals surface area (Å²) < 4.78 is 11.0. The van der Waals surface area contributed by atoms with Gasteiger partial charge in [0.2, 0.25) is 0 Å². The fraction of sp³-hybridized carbons (Fsp3) is 0.913. The topological polar surface area (TPSA) is 79.2 Å². The molecule has 0 aromatic heterocycles. The molecule has 1 heterocycles. The molecule has 0 aromatic rings. The summed E-state index contributed by atoms with van der Waals surface area (Å²) in [5.41, 5.74) is 0. The van der Waals surface area contributed by atoms with Crippen molar-refractivity contribution in [3.8, 4) is 0 Å². The lowest BCUT2D eigenvalue weighted by Gasteiger charge is -2.36. The molecule has 0 bridgehead atoms. The van der Waals surface area contributed by atoms with Gasteiger partial charge in [0.25, 0.3) is 0 Å². The van der Waals surface area contributed by atoms with Crippen LogP contribution >= 0.6 is 0 Å². The summed E-state index contributed by atoms with van der Waals surface area (Å²) in [6, 6.07) is 0. The van der Waals surface area contributed by atoms with Crippen LogP contribution in [-0.4, -0.2) is 59.6 Å². The number of rotatable bonds is 17. The zero-order valence-electron chi connectivity index (χ0n) is 17.9. The second-order valence-corrected chi connectivity index (χ2v) is 8.03. The summed E-state index contributed by atoms with van der Waals surface area (Å²) in [6.07, 6.45) is 17.8. The smallest absolute Gasteiger partial charge is 0.111 e. The number of unbranched alkanes of at least 4 members (excludes halogenated alkanes) is 11. The molecule has 1 fully saturated rings. The van der Waals surface area contributed by atoms with Crippen LogP contribution in [0.5, 0.6) is 0 Å². The second-order valence-electron chi connectivity index (χ2n) is 8.03. The van der Waals surface area contributed by atoms with Crippen molar-refractivity contribution in [3.63, 3.8) is 0 Å². The fourth-order valence-electron chi connectivity index (χ4n) is 3.58. The second kappa shape index (κ2) is 17.4. The molecule has 1 saturated heterocycles. The Labute approximate surface area is 172 Å². The molecule has 0 spiro atoms. The number of ether oxygens (including phenoxy) is 2. The van der Waals surface area contributed by atoms with Crippen molar-refractivity contribution in [2.24, 2.45) is 0 Å². The number of aliphatic hydroxyl groups excluding tert-OH is 3. The summed E-state index contributed by atoms with van der Waals surface area (Å²) in [6.45, 7) is 2.73. The summed E-state index contributed by atoms with van der Waals surface area (Å²) >= 11 is 0. The maximum atomic E-state index is 10.00. The largest absolute Gasteiger partial charge is 0.394 e. The molecule has 0 unspecified atom stereocenters. The van der Waals surface area contributed by atoms with Crippen molar-refractivity contribution in [2.45, 2.75) is 115 Å². The highest BCUT2D eigenvalue weighted by Crippen LogP contribution is 2.18. The van der Waals surface area contributed by atoms with E-state index in [1.807, 2.05) is 0 Å². The van der Waals surface area contributed by atoms with Gasteiger partial charge in [0.15, 0.2) is 0 Å². The van der Waals surface area contributed by atoms with Gasteiger partial charge >= 0.3 is 0 Å². The van der Waals surface area contributed by atoms with Crippen LogP contribution in [0.3, 0.4) is 0 Å². The van der Waals surface area contributed by atoms with Gasteiger partial charge in [-0.25, -0.2) is 0 Å². The van der Waals surface area contributed by atoms with Gasteiger partial charge < -0.3 is 24.8 Å². The zero-order chi connectivity index (χ0) is 20.5. The molecule has 5 nitrogen and oxygen atoms in total. The molecule has 166 valence electrons. The number of hydrogen-bond donors (Lipinski definition) is 3. The first-order chi connectivity index (χ1) is 13.7. The maximum absolute atomic E-state index is 10.00. The lowest BCUT2D eigenvalue weighted by Crippen LogP contribution is -2.55. The summed E-state index contributed by atoms with van der Waals surface area (Å²) in [5, 5.41) is 28.9. The molecule has 5 heteroatoms. The van der Waals surface area contributed by atoms with Gasteiger partial charge in [0, 0.05) is 6.61 Å². The minimum absolute atomic E-state index is 0.221. The van der Waals surface area contributed by atoms with Crippen LogP contribution in [0.4, 0.5) is 0 Å². The Kier molecular flexibility index (Phi) is 15.9. The lowest BCUT2D eigenvalue weighted by atomic mass is 10.0. The van der Waals surface area contributed by atoms with Crippen LogP contribution < -0.4 is 0 Å². The zero-order valence-corrected chi connectivity index (χ0v) is 17.9. The van der Waals surface area contributed by atoms with Crippen LogP contribution in [0.15, 0.2) is 12.2 Å². The molecular weight excluding hydrogens is 356 g/mol. The highest BCUT2D eigenvalue weighted by molar-refractivity contribution is 4.87. The van der Waals surface area contributed by atoms with Gasteiger partial charge in [-0.15, -0.1) is 0 Å². The maximum Gasteiger partial charge on any atom is 0.111 e. The quantitative estimate of drug-likeness (QED) is 0.253. The Morgan fingerprint density at radius 2 is 1.39 bits per heavy atom. The van der Waals surface area contributed by atoms with E-state index in [0.29, 0.717) is 6.61 Å². The number of allylic oxidation sites excluding steroid dienone is 2. The third-order valence-electron chi connectivity index (χ3n) is 5.49. The summed E-state index contributed by atoms with van der Waals surface area (Å²) in [7, 11) is 0. The number of aliphatic hydroxyl groups is 3. The van der Waals surface area contributed by atoms with E-state index in [-0.39, 0.29) is 13.2 Å². The van der Waals surface area contributed by atoms with Crippen molar-refractivity contribution in [1.29, 1.82) is 0 Å². The molecule has 0 radical (unpaired) electrons. The Hall–Kier alpha value is -0.460. The monoisotopic (exact) mass is 400 g/mol. The summed E-state index contributed by atoms with van der Waals surface area (Å²) in [4.78, 5) is 0. The highest BCUT2D eigenvalue weighted by Gasteiger charge is 2.38. The first-order valence-electron chi connectivity index (χ1n) is 11.6. The van der Waals surface area contributed by atoms with Crippen molar-refractivity contribution in [2.75, 3.05) is 19.8 Å². The molecule has 1 aliphatic heterocycles. The first-order valence-corrected chi connectivity index (χ1v) is 11.6. The molecule has 3 N–H and O–H groups in total. The Bertz CT molecular complexity index is 374.